The largest absolute Gasteiger partial charge is 0.330 e. The van der Waals surface area contributed by atoms with Gasteiger partial charge in [0, 0.05) is 12.1 Å². The number of nitro groups is 1. The lowest BCUT2D eigenvalue weighted by Gasteiger charge is -2.07. The molecule has 1 aromatic carbocycles. The summed E-state index contributed by atoms with van der Waals surface area (Å²) in [7, 11) is 0. The molecule has 0 aliphatic carbocycles. The van der Waals surface area contributed by atoms with Gasteiger partial charge in [-0.2, -0.15) is 0 Å². The highest BCUT2D eigenvalue weighted by atomic mass is 16.6. The highest BCUT2D eigenvalue weighted by molar-refractivity contribution is 5.34. The van der Waals surface area contributed by atoms with Crippen LogP contribution >= 0.6 is 0 Å². The van der Waals surface area contributed by atoms with Crippen LogP contribution in [0, 0.1) is 10.1 Å². The van der Waals surface area contributed by atoms with Crippen molar-refractivity contribution in [3.63, 3.8) is 0 Å². The van der Waals surface area contributed by atoms with Crippen molar-refractivity contribution in [2.45, 2.75) is 12.8 Å². The lowest BCUT2D eigenvalue weighted by molar-refractivity contribution is -0.384. The Morgan fingerprint density at radius 3 is 2.38 bits per heavy atom. The second-order valence-electron chi connectivity index (χ2n) is 2.99. The van der Waals surface area contributed by atoms with E-state index in [0.29, 0.717) is 6.54 Å². The predicted octanol–water partition coefficient (Wildman–Crippen LogP) is 1.66. The molecule has 0 saturated heterocycles. The Morgan fingerprint density at radius 1 is 1.46 bits per heavy atom. The molecule has 1 aromatic rings. The Kier molecular flexibility index (Phi) is 2.97. The van der Waals surface area contributed by atoms with Crippen LogP contribution in [0.5, 0.6) is 0 Å². The Balaban J connectivity index is 2.87. The van der Waals surface area contributed by atoms with Crippen LogP contribution in [0.15, 0.2) is 24.3 Å². The Hall–Kier alpha value is -1.42. The molecule has 2 N–H and O–H groups in total. The minimum Gasteiger partial charge on any atom is -0.330 e. The van der Waals surface area contributed by atoms with E-state index in [1.165, 1.54) is 12.1 Å². The predicted molar refractivity (Wildman–Crippen MR) is 50.6 cm³/mol. The van der Waals surface area contributed by atoms with Crippen LogP contribution in [0.2, 0.25) is 0 Å². The van der Waals surface area contributed by atoms with Gasteiger partial charge in [-0.25, -0.2) is 0 Å². The molecule has 4 heteroatoms. The number of nitrogens with zero attached hydrogens (tertiary/aromatic N) is 1. The fourth-order valence-electron chi connectivity index (χ4n) is 1.06. The van der Waals surface area contributed by atoms with Crippen molar-refractivity contribution in [3.05, 3.63) is 39.9 Å². The van der Waals surface area contributed by atoms with Gasteiger partial charge in [-0.3, -0.25) is 10.1 Å². The standard InChI is InChI=1S/C9H12N2O2/c1-7(6-10)8-2-4-9(5-3-8)11(12)13/h2-5,7H,6,10H2,1H3/t7-/m1/s1. The van der Waals surface area contributed by atoms with Gasteiger partial charge in [-0.1, -0.05) is 19.1 Å². The molecule has 0 heterocycles. The van der Waals surface area contributed by atoms with Gasteiger partial charge in [0.1, 0.15) is 0 Å². The maximum Gasteiger partial charge on any atom is 0.269 e. The van der Waals surface area contributed by atoms with Gasteiger partial charge in [-0.05, 0) is 18.0 Å². The summed E-state index contributed by atoms with van der Waals surface area (Å²) in [5.74, 6) is 0.251. The van der Waals surface area contributed by atoms with E-state index >= 15 is 0 Å². The summed E-state index contributed by atoms with van der Waals surface area (Å²) in [6.45, 7) is 2.54. The fourth-order valence-corrected chi connectivity index (χ4v) is 1.06. The number of nitrogens with two attached hydrogens (primary N) is 1. The second kappa shape index (κ2) is 4.00. The van der Waals surface area contributed by atoms with E-state index in [1.54, 1.807) is 12.1 Å². The molecule has 0 saturated carbocycles. The molecule has 0 fully saturated rings. The summed E-state index contributed by atoms with van der Waals surface area (Å²) >= 11 is 0. The van der Waals surface area contributed by atoms with Gasteiger partial charge in [0.15, 0.2) is 0 Å². The molecule has 1 atom stereocenters. The maximum atomic E-state index is 10.3. The van der Waals surface area contributed by atoms with Gasteiger partial charge in [0.05, 0.1) is 4.92 Å². The van der Waals surface area contributed by atoms with Gasteiger partial charge in [0.25, 0.3) is 5.69 Å². The number of benzene rings is 1. The van der Waals surface area contributed by atoms with E-state index in [2.05, 4.69) is 0 Å². The van der Waals surface area contributed by atoms with Gasteiger partial charge < -0.3 is 5.73 Å². The molecule has 0 radical (unpaired) electrons. The summed E-state index contributed by atoms with van der Waals surface area (Å²) in [5, 5.41) is 10.3. The molecule has 0 spiro atoms. The second-order valence-corrected chi connectivity index (χ2v) is 2.99. The molecule has 0 aliphatic heterocycles. The molecule has 13 heavy (non-hydrogen) atoms. The first kappa shape index (κ1) is 9.67. The number of hydrogen-bond donors (Lipinski definition) is 1. The molecule has 0 aromatic heterocycles. The first-order valence-electron chi connectivity index (χ1n) is 4.09. The molecule has 0 unspecified atom stereocenters. The van der Waals surface area contributed by atoms with Crippen LogP contribution in [0.4, 0.5) is 5.69 Å². The van der Waals surface area contributed by atoms with Crippen LogP contribution in [0.3, 0.4) is 0 Å². The minimum atomic E-state index is -0.406. The molecular formula is C9H12N2O2. The zero-order valence-corrected chi connectivity index (χ0v) is 7.43. The van der Waals surface area contributed by atoms with E-state index in [-0.39, 0.29) is 11.6 Å². The number of hydrogen-bond acceptors (Lipinski definition) is 3. The van der Waals surface area contributed by atoms with Crippen LogP contribution in [0.25, 0.3) is 0 Å². The molecule has 4 nitrogen and oxygen atoms in total. The van der Waals surface area contributed by atoms with Crippen LogP contribution in [0.1, 0.15) is 18.4 Å². The van der Waals surface area contributed by atoms with E-state index in [1.807, 2.05) is 6.92 Å². The Bertz CT molecular complexity index is 295. The van der Waals surface area contributed by atoms with Crippen molar-refractivity contribution in [2.24, 2.45) is 5.73 Å². The Labute approximate surface area is 76.5 Å². The smallest absolute Gasteiger partial charge is 0.269 e. The van der Waals surface area contributed by atoms with Crippen molar-refractivity contribution < 1.29 is 4.92 Å². The third-order valence-electron chi connectivity index (χ3n) is 2.03. The summed E-state index contributed by atoms with van der Waals surface area (Å²) in [5.41, 5.74) is 6.62. The van der Waals surface area contributed by atoms with Gasteiger partial charge in [0.2, 0.25) is 0 Å². The highest BCUT2D eigenvalue weighted by Crippen LogP contribution is 2.17. The quantitative estimate of drug-likeness (QED) is 0.568. The van der Waals surface area contributed by atoms with E-state index in [4.69, 9.17) is 5.73 Å². The van der Waals surface area contributed by atoms with Crippen molar-refractivity contribution in [1.82, 2.24) is 0 Å². The van der Waals surface area contributed by atoms with Crippen molar-refractivity contribution in [1.29, 1.82) is 0 Å². The van der Waals surface area contributed by atoms with Gasteiger partial charge >= 0.3 is 0 Å². The maximum absolute atomic E-state index is 10.3. The third-order valence-corrected chi connectivity index (χ3v) is 2.03. The lowest BCUT2D eigenvalue weighted by atomic mass is 10.0. The molecule has 0 aliphatic rings. The average Bonchev–Trinajstić information content (AvgIpc) is 2.17. The lowest BCUT2D eigenvalue weighted by Crippen LogP contribution is -2.08. The zero-order valence-electron chi connectivity index (χ0n) is 7.43. The van der Waals surface area contributed by atoms with Crippen molar-refractivity contribution >= 4 is 5.69 Å². The molecule has 1 rings (SSSR count). The Morgan fingerprint density at radius 2 is 2.00 bits per heavy atom. The minimum absolute atomic E-state index is 0.118. The van der Waals surface area contributed by atoms with E-state index in [9.17, 15) is 10.1 Å². The zero-order chi connectivity index (χ0) is 9.84. The van der Waals surface area contributed by atoms with E-state index in [0.717, 1.165) is 5.56 Å². The summed E-state index contributed by atoms with van der Waals surface area (Å²) in [4.78, 5) is 9.93. The van der Waals surface area contributed by atoms with Crippen LogP contribution in [-0.2, 0) is 0 Å². The summed E-state index contributed by atoms with van der Waals surface area (Å²) < 4.78 is 0. The van der Waals surface area contributed by atoms with Crippen LogP contribution < -0.4 is 5.73 Å². The normalized spacial score (nSPS) is 12.5. The fraction of sp³-hybridized carbons (Fsp3) is 0.333. The SMILES string of the molecule is C[C@H](CN)c1ccc([N+](=O)[O-])cc1. The summed E-state index contributed by atoms with van der Waals surface area (Å²) in [6.07, 6.45) is 0. The first-order chi connectivity index (χ1) is 6.15. The van der Waals surface area contributed by atoms with Crippen molar-refractivity contribution in [2.75, 3.05) is 6.54 Å². The molecule has 0 amide bonds. The molecule has 70 valence electrons. The average molecular weight is 180 g/mol. The topological polar surface area (TPSA) is 69.2 Å². The van der Waals surface area contributed by atoms with E-state index < -0.39 is 4.92 Å². The number of rotatable bonds is 3. The number of non-ortho nitro benzene ring substituents is 1. The summed E-state index contributed by atoms with van der Waals surface area (Å²) in [6, 6.07) is 6.49. The van der Waals surface area contributed by atoms with Crippen LogP contribution in [-0.4, -0.2) is 11.5 Å². The highest BCUT2D eigenvalue weighted by Gasteiger charge is 2.06. The molecule has 0 bridgehead atoms. The number of nitro benzene ring substituents is 1. The molecular weight excluding hydrogens is 168 g/mol. The van der Waals surface area contributed by atoms with Crippen molar-refractivity contribution in [3.8, 4) is 0 Å². The van der Waals surface area contributed by atoms with Gasteiger partial charge in [-0.15, -0.1) is 0 Å². The first-order valence-corrected chi connectivity index (χ1v) is 4.09. The monoisotopic (exact) mass is 180 g/mol. The third kappa shape index (κ3) is 2.26.